The zero-order chi connectivity index (χ0) is 20.3. The molecule has 2 aromatic rings. The molecular formula is C20H26N4O3S2. The van der Waals surface area contributed by atoms with Gasteiger partial charge in [0, 0.05) is 25.4 Å². The summed E-state index contributed by atoms with van der Waals surface area (Å²) in [5, 5.41) is 12.5. The van der Waals surface area contributed by atoms with Gasteiger partial charge in [-0.05, 0) is 49.8 Å². The van der Waals surface area contributed by atoms with E-state index in [2.05, 4.69) is 15.5 Å². The molecule has 1 saturated carbocycles. The smallest absolute Gasteiger partial charge is 0.243 e. The average molecular weight is 435 g/mol. The van der Waals surface area contributed by atoms with Crippen molar-refractivity contribution >= 4 is 32.4 Å². The van der Waals surface area contributed by atoms with E-state index in [1.54, 1.807) is 28.6 Å². The maximum Gasteiger partial charge on any atom is 0.243 e. The van der Waals surface area contributed by atoms with E-state index in [0.29, 0.717) is 41.9 Å². The summed E-state index contributed by atoms with van der Waals surface area (Å²) >= 11 is 1.45. The lowest BCUT2D eigenvalue weighted by Crippen LogP contribution is -2.31. The van der Waals surface area contributed by atoms with Gasteiger partial charge >= 0.3 is 0 Å². The topological polar surface area (TPSA) is 92.3 Å². The van der Waals surface area contributed by atoms with E-state index >= 15 is 0 Å². The van der Waals surface area contributed by atoms with E-state index in [0.717, 1.165) is 49.1 Å². The lowest BCUT2D eigenvalue weighted by atomic mass is 10.1. The van der Waals surface area contributed by atoms with Crippen molar-refractivity contribution in [3.63, 3.8) is 0 Å². The van der Waals surface area contributed by atoms with Crippen molar-refractivity contribution in [2.75, 3.05) is 18.4 Å². The number of aromatic nitrogens is 2. The van der Waals surface area contributed by atoms with Gasteiger partial charge in [0.1, 0.15) is 5.01 Å². The highest BCUT2D eigenvalue weighted by Gasteiger charge is 2.28. The highest BCUT2D eigenvalue weighted by molar-refractivity contribution is 7.89. The van der Waals surface area contributed by atoms with Crippen molar-refractivity contribution < 1.29 is 13.2 Å². The number of nitrogens with one attached hydrogen (secondary N) is 1. The minimum atomic E-state index is -3.43. The second kappa shape index (κ2) is 8.89. The maximum atomic E-state index is 12.8. The monoisotopic (exact) mass is 434 g/mol. The van der Waals surface area contributed by atoms with Gasteiger partial charge in [0.15, 0.2) is 0 Å². The van der Waals surface area contributed by atoms with Crippen LogP contribution in [0.2, 0.25) is 0 Å². The molecule has 0 atom stereocenters. The summed E-state index contributed by atoms with van der Waals surface area (Å²) < 4.78 is 27.2. The zero-order valence-corrected chi connectivity index (χ0v) is 18.0. The number of nitrogens with zero attached hydrogens (tertiary/aromatic N) is 3. The van der Waals surface area contributed by atoms with E-state index in [1.165, 1.54) is 11.3 Å². The Bertz CT molecular complexity index is 944. The van der Waals surface area contributed by atoms with Crippen LogP contribution in [0, 0.1) is 0 Å². The Kier molecular flexibility index (Phi) is 6.26. The quantitative estimate of drug-likeness (QED) is 0.719. The predicted octanol–water partition coefficient (Wildman–Crippen LogP) is 3.55. The lowest BCUT2D eigenvalue weighted by Gasteiger charge is -2.20. The molecule has 0 spiro atoms. The molecule has 7 nitrogen and oxygen atoms in total. The van der Waals surface area contributed by atoms with Crippen molar-refractivity contribution in [3.8, 4) is 0 Å². The molecule has 1 aromatic carbocycles. The Morgan fingerprint density at radius 1 is 1.07 bits per heavy atom. The first-order valence-electron chi connectivity index (χ1n) is 10.2. The molecular weight excluding hydrogens is 408 g/mol. The Morgan fingerprint density at radius 2 is 1.76 bits per heavy atom. The van der Waals surface area contributed by atoms with Crippen molar-refractivity contribution in [2.24, 2.45) is 0 Å². The highest BCUT2D eigenvalue weighted by atomic mass is 32.2. The van der Waals surface area contributed by atoms with E-state index in [-0.39, 0.29) is 5.91 Å². The number of hydrogen-bond acceptors (Lipinski definition) is 6. The molecule has 29 heavy (non-hydrogen) atoms. The van der Waals surface area contributed by atoms with E-state index in [9.17, 15) is 13.2 Å². The van der Waals surface area contributed by atoms with Gasteiger partial charge in [-0.15, -0.1) is 10.2 Å². The molecule has 1 aromatic heterocycles. The van der Waals surface area contributed by atoms with Gasteiger partial charge in [-0.1, -0.05) is 36.3 Å². The van der Waals surface area contributed by atoms with Crippen LogP contribution in [0.5, 0.6) is 0 Å². The Hall–Kier alpha value is -1.84. The van der Waals surface area contributed by atoms with Crippen LogP contribution in [-0.4, -0.2) is 41.9 Å². The summed E-state index contributed by atoms with van der Waals surface area (Å²) in [6.07, 6.45) is 7.20. The molecule has 2 heterocycles. The Balaban J connectivity index is 1.31. The SMILES string of the molecule is O=C(CCc1ccc(S(=O)(=O)N2CCCCCC2)cc1)Nc1nnc(C2CC2)s1. The van der Waals surface area contributed by atoms with Crippen LogP contribution >= 0.6 is 11.3 Å². The van der Waals surface area contributed by atoms with Crippen LogP contribution in [0.3, 0.4) is 0 Å². The predicted molar refractivity (Wildman–Crippen MR) is 113 cm³/mol. The number of sulfonamides is 1. The largest absolute Gasteiger partial charge is 0.301 e. The first kappa shape index (κ1) is 20.4. The molecule has 2 aliphatic rings. The van der Waals surface area contributed by atoms with Crippen molar-refractivity contribution in [2.45, 2.75) is 62.2 Å². The first-order chi connectivity index (χ1) is 14.0. The first-order valence-corrected chi connectivity index (χ1v) is 12.5. The average Bonchev–Trinajstić information content (AvgIpc) is 3.51. The molecule has 0 unspecified atom stereocenters. The van der Waals surface area contributed by atoms with Crippen molar-refractivity contribution in [1.82, 2.24) is 14.5 Å². The van der Waals surface area contributed by atoms with Crippen molar-refractivity contribution in [3.05, 3.63) is 34.8 Å². The minimum Gasteiger partial charge on any atom is -0.301 e. The molecule has 156 valence electrons. The van der Waals surface area contributed by atoms with Crippen LogP contribution in [0.25, 0.3) is 0 Å². The number of rotatable bonds is 7. The molecule has 9 heteroatoms. The Morgan fingerprint density at radius 3 is 2.41 bits per heavy atom. The summed E-state index contributed by atoms with van der Waals surface area (Å²) in [7, 11) is -3.43. The standard InChI is InChI=1S/C20H26N4O3S2/c25-18(21-20-23-22-19(28-20)16-8-9-16)12-7-15-5-10-17(11-6-15)29(26,27)24-13-3-1-2-4-14-24/h5-6,10-11,16H,1-4,7-9,12-14H2,(H,21,23,25). The molecule has 2 fully saturated rings. The summed E-state index contributed by atoms with van der Waals surface area (Å²) in [6, 6.07) is 6.91. The summed E-state index contributed by atoms with van der Waals surface area (Å²) in [5.41, 5.74) is 0.936. The summed E-state index contributed by atoms with van der Waals surface area (Å²) in [5.74, 6) is 0.423. The van der Waals surface area contributed by atoms with Crippen LogP contribution in [0.1, 0.15) is 61.4 Å². The number of benzene rings is 1. The van der Waals surface area contributed by atoms with E-state index < -0.39 is 10.0 Å². The fraction of sp³-hybridized carbons (Fsp3) is 0.550. The van der Waals surface area contributed by atoms with Gasteiger partial charge in [0.05, 0.1) is 4.90 Å². The number of hydrogen-bond donors (Lipinski definition) is 1. The van der Waals surface area contributed by atoms with Gasteiger partial charge in [-0.25, -0.2) is 8.42 Å². The molecule has 1 saturated heterocycles. The van der Waals surface area contributed by atoms with E-state index in [1.807, 2.05) is 0 Å². The third kappa shape index (κ3) is 5.21. The molecule has 1 amide bonds. The fourth-order valence-electron chi connectivity index (χ4n) is 3.48. The fourth-order valence-corrected chi connectivity index (χ4v) is 5.92. The molecule has 0 bridgehead atoms. The molecule has 1 N–H and O–H groups in total. The molecule has 0 radical (unpaired) electrons. The van der Waals surface area contributed by atoms with Gasteiger partial charge in [0.2, 0.25) is 21.1 Å². The number of aryl methyl sites for hydroxylation is 1. The minimum absolute atomic E-state index is 0.107. The number of carbonyl (C=O) groups excluding carboxylic acids is 1. The van der Waals surface area contributed by atoms with Crippen LogP contribution in [0.4, 0.5) is 5.13 Å². The van der Waals surface area contributed by atoms with E-state index in [4.69, 9.17) is 0 Å². The van der Waals surface area contributed by atoms with Crippen LogP contribution in [0.15, 0.2) is 29.2 Å². The van der Waals surface area contributed by atoms with Gasteiger partial charge < -0.3 is 5.32 Å². The molecule has 1 aliphatic heterocycles. The van der Waals surface area contributed by atoms with Gasteiger partial charge in [-0.3, -0.25) is 4.79 Å². The third-order valence-electron chi connectivity index (χ3n) is 5.38. The van der Waals surface area contributed by atoms with Crippen LogP contribution < -0.4 is 5.32 Å². The van der Waals surface area contributed by atoms with Crippen molar-refractivity contribution in [1.29, 1.82) is 0 Å². The molecule has 1 aliphatic carbocycles. The number of amides is 1. The lowest BCUT2D eigenvalue weighted by molar-refractivity contribution is -0.116. The van der Waals surface area contributed by atoms with Crippen LogP contribution in [-0.2, 0) is 21.2 Å². The summed E-state index contributed by atoms with van der Waals surface area (Å²) in [4.78, 5) is 12.5. The highest BCUT2D eigenvalue weighted by Crippen LogP contribution is 2.42. The number of anilines is 1. The van der Waals surface area contributed by atoms with Gasteiger partial charge in [-0.2, -0.15) is 4.31 Å². The summed E-state index contributed by atoms with van der Waals surface area (Å²) in [6.45, 7) is 1.19. The van der Waals surface area contributed by atoms with Gasteiger partial charge in [0.25, 0.3) is 0 Å². The third-order valence-corrected chi connectivity index (χ3v) is 8.29. The maximum absolute atomic E-state index is 12.8. The second-order valence-electron chi connectivity index (χ2n) is 7.73. The normalized spacial score (nSPS) is 18.3. The number of carbonyl (C=O) groups is 1. The molecule has 4 rings (SSSR count). The second-order valence-corrected chi connectivity index (χ2v) is 10.7. The Labute approximate surface area is 175 Å². The zero-order valence-electron chi connectivity index (χ0n) is 16.3.